The van der Waals surface area contributed by atoms with Crippen molar-refractivity contribution in [1.82, 2.24) is 0 Å². The van der Waals surface area contributed by atoms with Gasteiger partial charge in [-0.3, -0.25) is 4.79 Å². The zero-order chi connectivity index (χ0) is 25.7. The lowest BCUT2D eigenvalue weighted by molar-refractivity contribution is -0.136. The summed E-state index contributed by atoms with van der Waals surface area (Å²) in [5, 5.41) is 8.72. The van der Waals surface area contributed by atoms with Crippen molar-refractivity contribution in [2.75, 3.05) is 0 Å². The van der Waals surface area contributed by atoms with Crippen LogP contribution in [-0.2, 0) is 24.2 Å². The fourth-order valence-electron chi connectivity index (χ4n) is 4.20. The fourth-order valence-corrected chi connectivity index (χ4v) is 4.20. The minimum Gasteiger partial charge on any atom is -0.489 e. The molecule has 34 heavy (non-hydrogen) atoms. The van der Waals surface area contributed by atoms with Crippen molar-refractivity contribution in [2.24, 2.45) is 0 Å². The van der Waals surface area contributed by atoms with Crippen LogP contribution in [0.2, 0.25) is 0 Å². The molecule has 0 aromatic heterocycles. The van der Waals surface area contributed by atoms with E-state index in [1.54, 1.807) is 6.07 Å². The molecule has 0 unspecified atom stereocenters. The molecule has 1 saturated carbocycles. The lowest BCUT2D eigenvalue weighted by Crippen LogP contribution is -2.30. The van der Waals surface area contributed by atoms with E-state index in [1.165, 1.54) is 24.3 Å². The number of aryl methyl sites for hydroxylation is 1. The van der Waals surface area contributed by atoms with Crippen molar-refractivity contribution in [3.63, 3.8) is 0 Å². The van der Waals surface area contributed by atoms with Gasteiger partial charge < -0.3 is 14.6 Å². The van der Waals surface area contributed by atoms with Gasteiger partial charge in [0.1, 0.15) is 35.3 Å². The van der Waals surface area contributed by atoms with Crippen molar-refractivity contribution >= 4 is 5.97 Å². The summed E-state index contributed by atoms with van der Waals surface area (Å²) in [6.45, 7) is 12.1. The van der Waals surface area contributed by atoms with E-state index >= 15 is 0 Å². The van der Waals surface area contributed by atoms with Gasteiger partial charge in [-0.15, -0.1) is 0 Å². The van der Waals surface area contributed by atoms with E-state index < -0.39 is 11.8 Å². The largest absolute Gasteiger partial charge is 0.489 e. The van der Waals surface area contributed by atoms with Crippen molar-refractivity contribution < 1.29 is 28.2 Å². The molecule has 1 N–H and O–H groups in total. The summed E-state index contributed by atoms with van der Waals surface area (Å²) in [7, 11) is 0. The number of ether oxygens (including phenoxy) is 2. The maximum absolute atomic E-state index is 14.2. The highest BCUT2D eigenvalue weighted by Crippen LogP contribution is 2.46. The highest BCUT2D eigenvalue weighted by molar-refractivity contribution is 5.67. The third kappa shape index (κ3) is 7.71. The van der Waals surface area contributed by atoms with Gasteiger partial charge in [0, 0.05) is 30.0 Å². The van der Waals surface area contributed by atoms with Crippen LogP contribution in [0.25, 0.3) is 0 Å². The van der Waals surface area contributed by atoms with Crippen LogP contribution in [0.4, 0.5) is 8.78 Å². The van der Waals surface area contributed by atoms with Crippen LogP contribution in [0.5, 0.6) is 11.5 Å². The van der Waals surface area contributed by atoms with Crippen molar-refractivity contribution in [3.05, 3.63) is 58.7 Å². The van der Waals surface area contributed by atoms with Crippen molar-refractivity contribution in [2.45, 2.75) is 98.7 Å². The topological polar surface area (TPSA) is 55.8 Å². The molecule has 1 spiro atoms. The highest BCUT2D eigenvalue weighted by Gasteiger charge is 2.42. The molecule has 6 heteroatoms. The number of carbonyl (C=O) groups is 1. The molecule has 2 aromatic carbocycles. The number of rotatable bonds is 6. The Kier molecular flexibility index (Phi) is 12.6. The van der Waals surface area contributed by atoms with Crippen LogP contribution in [0.3, 0.4) is 0 Å². The number of carboxylic acids is 1. The first-order valence-corrected chi connectivity index (χ1v) is 12.6. The standard InChI is InChI=1S/C22H22F2O4.3C2H6/c23-17-9-15-12-22(7-1-2-8-22)28-21(15)16(10-17)13-27-18-5-3-14(19(24)11-18)4-6-20(25)26;3*1-2/h3,5,9-11H,1-2,4,6-8,12-13H2,(H,25,26);3*1-2H3. The minimum absolute atomic E-state index is 0.0735. The summed E-state index contributed by atoms with van der Waals surface area (Å²) in [5.41, 5.74) is 1.61. The maximum atomic E-state index is 14.2. The molecule has 4 rings (SSSR count). The Hall–Kier alpha value is -2.63. The molecule has 0 radical (unpaired) electrons. The number of halogens is 2. The van der Waals surface area contributed by atoms with Crippen LogP contribution >= 0.6 is 0 Å². The molecule has 0 saturated heterocycles. The summed E-state index contributed by atoms with van der Waals surface area (Å²) >= 11 is 0. The van der Waals surface area contributed by atoms with E-state index in [-0.39, 0.29) is 30.9 Å². The van der Waals surface area contributed by atoms with E-state index in [2.05, 4.69) is 0 Å². The Morgan fingerprint density at radius 1 is 1.00 bits per heavy atom. The maximum Gasteiger partial charge on any atom is 0.303 e. The lowest BCUT2D eigenvalue weighted by atomic mass is 9.95. The Morgan fingerprint density at radius 2 is 1.65 bits per heavy atom. The second-order valence-electron chi connectivity index (χ2n) is 7.66. The second kappa shape index (κ2) is 14.6. The quantitative estimate of drug-likeness (QED) is 0.459. The van der Waals surface area contributed by atoms with Crippen molar-refractivity contribution in [3.8, 4) is 11.5 Å². The average Bonchev–Trinajstić information content (AvgIpc) is 3.46. The first-order valence-electron chi connectivity index (χ1n) is 12.6. The third-order valence-corrected chi connectivity index (χ3v) is 5.58. The van der Waals surface area contributed by atoms with Gasteiger partial charge in [-0.05, 0) is 55.9 Å². The third-order valence-electron chi connectivity index (χ3n) is 5.58. The summed E-state index contributed by atoms with van der Waals surface area (Å²) in [6, 6.07) is 7.29. The highest BCUT2D eigenvalue weighted by atomic mass is 19.1. The number of hydrogen-bond donors (Lipinski definition) is 1. The van der Waals surface area contributed by atoms with Gasteiger partial charge >= 0.3 is 5.97 Å². The Labute approximate surface area is 203 Å². The monoisotopic (exact) mass is 478 g/mol. The summed E-state index contributed by atoms with van der Waals surface area (Å²) in [4.78, 5) is 10.6. The van der Waals surface area contributed by atoms with Gasteiger partial charge in [0.2, 0.25) is 0 Å². The average molecular weight is 479 g/mol. The summed E-state index contributed by atoms with van der Waals surface area (Å²) in [6.07, 6.45) is 4.91. The van der Waals surface area contributed by atoms with Crippen LogP contribution in [0.1, 0.15) is 90.3 Å². The predicted octanol–water partition coefficient (Wildman–Crippen LogP) is 7.89. The van der Waals surface area contributed by atoms with Crippen LogP contribution in [0.15, 0.2) is 30.3 Å². The molecular formula is C28H40F2O4. The van der Waals surface area contributed by atoms with E-state index in [0.717, 1.165) is 37.7 Å². The molecule has 2 aromatic rings. The van der Waals surface area contributed by atoms with Crippen molar-refractivity contribution in [1.29, 1.82) is 0 Å². The van der Waals surface area contributed by atoms with E-state index in [1.807, 2.05) is 41.5 Å². The van der Waals surface area contributed by atoms with Gasteiger partial charge in [-0.25, -0.2) is 8.78 Å². The van der Waals surface area contributed by atoms with Crippen LogP contribution in [-0.4, -0.2) is 16.7 Å². The van der Waals surface area contributed by atoms with Gasteiger partial charge in [-0.1, -0.05) is 47.6 Å². The smallest absolute Gasteiger partial charge is 0.303 e. The molecule has 1 aliphatic heterocycles. The van der Waals surface area contributed by atoms with E-state index in [4.69, 9.17) is 14.6 Å². The first-order chi connectivity index (χ1) is 16.4. The zero-order valence-electron chi connectivity index (χ0n) is 21.5. The van der Waals surface area contributed by atoms with Gasteiger partial charge in [-0.2, -0.15) is 0 Å². The van der Waals surface area contributed by atoms with Crippen LogP contribution in [0, 0.1) is 11.6 Å². The van der Waals surface area contributed by atoms with Gasteiger partial charge in [0.25, 0.3) is 0 Å². The fraction of sp³-hybridized carbons (Fsp3) is 0.536. The Balaban J connectivity index is 0.000000894. The van der Waals surface area contributed by atoms with Gasteiger partial charge in [0.15, 0.2) is 0 Å². The molecule has 190 valence electrons. The number of fused-ring (bicyclic) bond motifs is 1. The Bertz CT molecular complexity index is 906. The minimum atomic E-state index is -0.972. The molecule has 1 heterocycles. The SMILES string of the molecule is CC.CC.CC.O=C(O)CCc1ccc(OCc2cc(F)cc3c2OC2(CCCC2)C3)cc1F. The number of aliphatic carboxylic acids is 1. The molecule has 1 aliphatic carbocycles. The summed E-state index contributed by atoms with van der Waals surface area (Å²) < 4.78 is 40.2. The first kappa shape index (κ1) is 29.4. The Morgan fingerprint density at radius 3 is 2.24 bits per heavy atom. The molecule has 0 amide bonds. The van der Waals surface area contributed by atoms with E-state index in [9.17, 15) is 13.6 Å². The summed E-state index contributed by atoms with van der Waals surface area (Å²) in [5.74, 6) is -0.805. The van der Waals surface area contributed by atoms with E-state index in [0.29, 0.717) is 22.6 Å². The molecule has 1 fully saturated rings. The molecule has 0 bridgehead atoms. The molecule has 2 aliphatic rings. The normalized spacial score (nSPS) is 14.4. The predicted molar refractivity (Wildman–Crippen MR) is 133 cm³/mol. The zero-order valence-corrected chi connectivity index (χ0v) is 21.5. The molecular weight excluding hydrogens is 438 g/mol. The molecule has 0 atom stereocenters. The lowest BCUT2D eigenvalue weighted by Gasteiger charge is -2.23. The van der Waals surface area contributed by atoms with Crippen LogP contribution < -0.4 is 9.47 Å². The number of hydrogen-bond acceptors (Lipinski definition) is 3. The molecule has 4 nitrogen and oxygen atoms in total. The number of carboxylic acid groups (broad SMARTS) is 1. The number of benzene rings is 2. The second-order valence-corrected chi connectivity index (χ2v) is 7.66. The van der Waals surface area contributed by atoms with Gasteiger partial charge in [0.05, 0.1) is 0 Å².